The highest BCUT2D eigenvalue weighted by molar-refractivity contribution is 5.87. The molecule has 154 valence electrons. The molecule has 0 amide bonds. The first-order valence-corrected chi connectivity index (χ1v) is 10.6. The van der Waals surface area contributed by atoms with Gasteiger partial charge in [0.1, 0.15) is 12.4 Å². The number of aryl methyl sites for hydroxylation is 1. The van der Waals surface area contributed by atoms with Crippen molar-refractivity contribution in [2.75, 3.05) is 0 Å². The molecular weight excluding hydrogens is 354 g/mol. The smallest absolute Gasteiger partial charge is 0.124 e. The number of hydrogen-bond acceptors (Lipinski definition) is 2. The molecule has 2 heteroatoms. The largest absolute Gasteiger partial charge is 0.489 e. The zero-order valence-corrected chi connectivity index (χ0v) is 18.8. The van der Waals surface area contributed by atoms with E-state index in [2.05, 4.69) is 108 Å². The third-order valence-corrected chi connectivity index (χ3v) is 5.36. The molecular formula is C27H35NO. The molecule has 0 aliphatic rings. The van der Waals surface area contributed by atoms with Gasteiger partial charge < -0.3 is 10.1 Å². The van der Waals surface area contributed by atoms with Crippen LogP contribution in [-0.4, -0.2) is 5.54 Å². The Labute approximate surface area is 176 Å². The van der Waals surface area contributed by atoms with Crippen LogP contribution >= 0.6 is 0 Å². The van der Waals surface area contributed by atoms with Gasteiger partial charge in [-0.05, 0) is 60.6 Å². The van der Waals surface area contributed by atoms with Crippen LogP contribution in [0.5, 0.6) is 5.75 Å². The van der Waals surface area contributed by atoms with Crippen LogP contribution in [0, 0.1) is 12.3 Å². The summed E-state index contributed by atoms with van der Waals surface area (Å²) in [6, 6.07) is 21.3. The molecule has 0 radical (unpaired) electrons. The van der Waals surface area contributed by atoms with E-state index in [1.165, 1.54) is 27.5 Å². The van der Waals surface area contributed by atoms with Crippen molar-refractivity contribution in [3.05, 3.63) is 77.4 Å². The molecule has 0 aliphatic heterocycles. The van der Waals surface area contributed by atoms with Gasteiger partial charge in [-0.15, -0.1) is 0 Å². The minimum Gasteiger partial charge on any atom is -0.489 e. The summed E-state index contributed by atoms with van der Waals surface area (Å²) in [5, 5.41) is 6.30. The summed E-state index contributed by atoms with van der Waals surface area (Å²) in [4.78, 5) is 0. The Kier molecular flexibility index (Phi) is 6.33. The average Bonchev–Trinajstić information content (AvgIpc) is 2.64. The first-order chi connectivity index (χ1) is 13.6. The van der Waals surface area contributed by atoms with Gasteiger partial charge in [0.15, 0.2) is 0 Å². The van der Waals surface area contributed by atoms with Crippen LogP contribution in [0.2, 0.25) is 0 Å². The first kappa shape index (κ1) is 21.4. The Morgan fingerprint density at radius 2 is 1.52 bits per heavy atom. The quantitative estimate of drug-likeness (QED) is 0.468. The van der Waals surface area contributed by atoms with Gasteiger partial charge in [0.25, 0.3) is 0 Å². The number of hydrogen-bond donors (Lipinski definition) is 1. The maximum atomic E-state index is 6.34. The Morgan fingerprint density at radius 1 is 0.828 bits per heavy atom. The Morgan fingerprint density at radius 3 is 2.24 bits per heavy atom. The second kappa shape index (κ2) is 8.59. The van der Waals surface area contributed by atoms with Crippen molar-refractivity contribution < 1.29 is 4.74 Å². The van der Waals surface area contributed by atoms with Crippen molar-refractivity contribution >= 4 is 10.8 Å². The molecule has 0 spiro atoms. The summed E-state index contributed by atoms with van der Waals surface area (Å²) < 4.78 is 6.34. The van der Waals surface area contributed by atoms with E-state index in [-0.39, 0.29) is 11.0 Å². The maximum Gasteiger partial charge on any atom is 0.124 e. The highest BCUT2D eigenvalue weighted by Gasteiger charge is 2.25. The van der Waals surface area contributed by atoms with E-state index in [1.54, 1.807) is 0 Å². The second-order valence-electron chi connectivity index (χ2n) is 9.95. The van der Waals surface area contributed by atoms with Crippen LogP contribution in [-0.2, 0) is 13.2 Å². The molecule has 1 N–H and O–H groups in total. The fourth-order valence-corrected chi connectivity index (χ4v) is 4.28. The topological polar surface area (TPSA) is 21.3 Å². The van der Waals surface area contributed by atoms with Crippen LogP contribution in [0.4, 0.5) is 0 Å². The van der Waals surface area contributed by atoms with Crippen molar-refractivity contribution in [2.45, 2.75) is 66.7 Å². The van der Waals surface area contributed by atoms with Crippen molar-refractivity contribution in [2.24, 2.45) is 5.41 Å². The van der Waals surface area contributed by atoms with Gasteiger partial charge in [-0.25, -0.2) is 0 Å². The van der Waals surface area contributed by atoms with Gasteiger partial charge in [0.2, 0.25) is 0 Å². The number of benzene rings is 3. The predicted octanol–water partition coefficient (Wildman–Crippen LogP) is 7.03. The number of ether oxygens (including phenoxy) is 1. The first-order valence-electron chi connectivity index (χ1n) is 10.6. The summed E-state index contributed by atoms with van der Waals surface area (Å²) in [5.41, 5.74) is 4.05. The third kappa shape index (κ3) is 5.83. The maximum absolute atomic E-state index is 6.34. The van der Waals surface area contributed by atoms with E-state index in [0.29, 0.717) is 6.61 Å². The Hall–Kier alpha value is -2.32. The lowest BCUT2D eigenvalue weighted by atomic mass is 9.81. The predicted molar refractivity (Wildman–Crippen MR) is 124 cm³/mol. The van der Waals surface area contributed by atoms with E-state index < -0.39 is 0 Å². The zero-order chi connectivity index (χ0) is 21.1. The number of nitrogens with one attached hydrogen (secondary N) is 1. The van der Waals surface area contributed by atoms with E-state index in [1.807, 2.05) is 0 Å². The monoisotopic (exact) mass is 389 g/mol. The zero-order valence-electron chi connectivity index (χ0n) is 18.8. The molecule has 3 rings (SSSR count). The lowest BCUT2D eigenvalue weighted by Crippen LogP contribution is -2.41. The van der Waals surface area contributed by atoms with E-state index >= 15 is 0 Å². The van der Waals surface area contributed by atoms with Crippen molar-refractivity contribution in [3.8, 4) is 5.75 Å². The van der Waals surface area contributed by atoms with Crippen LogP contribution in [0.15, 0.2) is 60.7 Å². The van der Waals surface area contributed by atoms with Crippen LogP contribution in [0.3, 0.4) is 0 Å². The SMILES string of the molecule is Cc1ccccc1COc1ccc2ccccc2c1CNC(C)(C)CC(C)(C)C. The van der Waals surface area contributed by atoms with Gasteiger partial charge in [0.05, 0.1) is 0 Å². The molecule has 0 bridgehead atoms. The summed E-state index contributed by atoms with van der Waals surface area (Å²) in [6.45, 7) is 15.0. The van der Waals surface area contributed by atoms with Crippen LogP contribution in [0.25, 0.3) is 10.8 Å². The third-order valence-electron chi connectivity index (χ3n) is 5.36. The Bertz CT molecular complexity index is 966. The molecule has 29 heavy (non-hydrogen) atoms. The Balaban J connectivity index is 1.87. The number of fused-ring (bicyclic) bond motifs is 1. The van der Waals surface area contributed by atoms with E-state index in [0.717, 1.165) is 18.7 Å². The summed E-state index contributed by atoms with van der Waals surface area (Å²) in [6.07, 6.45) is 1.10. The molecule has 0 unspecified atom stereocenters. The van der Waals surface area contributed by atoms with Gasteiger partial charge in [-0.1, -0.05) is 75.4 Å². The fourth-order valence-electron chi connectivity index (χ4n) is 4.28. The number of rotatable bonds is 7. The van der Waals surface area contributed by atoms with Crippen molar-refractivity contribution in [1.29, 1.82) is 0 Å². The van der Waals surface area contributed by atoms with Crippen LogP contribution in [0.1, 0.15) is 57.7 Å². The molecule has 0 aliphatic carbocycles. The summed E-state index contributed by atoms with van der Waals surface area (Å²) >= 11 is 0. The second-order valence-corrected chi connectivity index (χ2v) is 9.95. The summed E-state index contributed by atoms with van der Waals surface area (Å²) in [7, 11) is 0. The van der Waals surface area contributed by atoms with E-state index in [9.17, 15) is 0 Å². The minimum absolute atomic E-state index is 0.0441. The highest BCUT2D eigenvalue weighted by Crippen LogP contribution is 2.31. The summed E-state index contributed by atoms with van der Waals surface area (Å²) in [5.74, 6) is 0.964. The lowest BCUT2D eigenvalue weighted by Gasteiger charge is -2.34. The average molecular weight is 390 g/mol. The molecule has 2 nitrogen and oxygen atoms in total. The molecule has 0 saturated heterocycles. The van der Waals surface area contributed by atoms with Gasteiger partial charge in [-0.3, -0.25) is 0 Å². The van der Waals surface area contributed by atoms with Gasteiger partial charge in [-0.2, -0.15) is 0 Å². The minimum atomic E-state index is 0.0441. The molecule has 0 atom stereocenters. The molecule has 0 fully saturated rings. The van der Waals surface area contributed by atoms with Crippen LogP contribution < -0.4 is 10.1 Å². The highest BCUT2D eigenvalue weighted by atomic mass is 16.5. The standard InChI is InChI=1S/C27H35NO/c1-20-11-7-8-13-22(20)18-29-25-16-15-21-12-9-10-14-23(21)24(25)17-28-27(5,6)19-26(2,3)4/h7-16,28H,17-19H2,1-6H3. The van der Waals surface area contributed by atoms with E-state index in [4.69, 9.17) is 4.74 Å². The molecule has 0 saturated carbocycles. The normalized spacial score (nSPS) is 12.3. The molecule has 0 heterocycles. The van der Waals surface area contributed by atoms with Crippen molar-refractivity contribution in [1.82, 2.24) is 5.32 Å². The fraction of sp³-hybridized carbons (Fsp3) is 0.407. The lowest BCUT2D eigenvalue weighted by molar-refractivity contribution is 0.239. The van der Waals surface area contributed by atoms with Gasteiger partial charge >= 0.3 is 0 Å². The van der Waals surface area contributed by atoms with Gasteiger partial charge in [0, 0.05) is 17.6 Å². The molecule has 0 aromatic heterocycles. The molecule has 3 aromatic rings. The molecule has 3 aromatic carbocycles. The van der Waals surface area contributed by atoms with Crippen molar-refractivity contribution in [3.63, 3.8) is 0 Å².